The maximum Gasteiger partial charge on any atom is 0.513 e. The standard InChI is InChI=1S/C35H38O9/c1-21(2)30-15-6-23(5)18-31(30)44-34(38)27-10-8-24-19-26(9-7-25(24)20-27)33(37)42-28-11-13-29(14-12-28)43-35(39)41-17-16-40-32(36)22(3)4/h7-14,19-21,23,30-31H,3,6,15-18H2,1-2,4-5H3. The highest BCUT2D eigenvalue weighted by Gasteiger charge is 2.33. The van der Waals surface area contributed by atoms with E-state index in [4.69, 9.17) is 23.7 Å². The molecule has 0 aliphatic heterocycles. The summed E-state index contributed by atoms with van der Waals surface area (Å²) in [6.07, 6.45) is 2.05. The van der Waals surface area contributed by atoms with Crippen molar-refractivity contribution in [2.45, 2.75) is 53.1 Å². The quantitative estimate of drug-likeness (QED) is 0.0588. The number of ether oxygens (including phenoxy) is 5. The summed E-state index contributed by atoms with van der Waals surface area (Å²) in [5.41, 5.74) is 1.05. The SMILES string of the molecule is C=C(C)C(=O)OCCOC(=O)Oc1ccc(OC(=O)c2ccc3cc(C(=O)OC4CC(C)CCC4C(C)C)ccc3c2)cc1. The lowest BCUT2D eigenvalue weighted by Gasteiger charge is -2.36. The van der Waals surface area contributed by atoms with Crippen molar-refractivity contribution >= 4 is 34.8 Å². The Morgan fingerprint density at radius 1 is 0.795 bits per heavy atom. The summed E-state index contributed by atoms with van der Waals surface area (Å²) in [7, 11) is 0. The second-order valence-corrected chi connectivity index (χ2v) is 11.5. The minimum absolute atomic E-state index is 0.0847. The van der Waals surface area contributed by atoms with Gasteiger partial charge in [0.1, 0.15) is 30.8 Å². The van der Waals surface area contributed by atoms with Crippen LogP contribution < -0.4 is 9.47 Å². The topological polar surface area (TPSA) is 114 Å². The molecule has 0 radical (unpaired) electrons. The first-order valence-corrected chi connectivity index (χ1v) is 14.7. The fourth-order valence-electron chi connectivity index (χ4n) is 5.21. The number of carbonyl (C=O) groups excluding carboxylic acids is 4. The van der Waals surface area contributed by atoms with E-state index in [2.05, 4.69) is 27.4 Å². The van der Waals surface area contributed by atoms with Gasteiger partial charge in [-0.1, -0.05) is 45.9 Å². The van der Waals surface area contributed by atoms with Crippen molar-refractivity contribution in [3.63, 3.8) is 0 Å². The second kappa shape index (κ2) is 14.7. The van der Waals surface area contributed by atoms with Gasteiger partial charge in [0.2, 0.25) is 0 Å². The number of carbonyl (C=O) groups is 4. The molecule has 1 fully saturated rings. The van der Waals surface area contributed by atoms with Crippen LogP contribution >= 0.6 is 0 Å². The molecule has 44 heavy (non-hydrogen) atoms. The van der Waals surface area contributed by atoms with Gasteiger partial charge >= 0.3 is 24.1 Å². The summed E-state index contributed by atoms with van der Waals surface area (Å²) in [6, 6.07) is 16.2. The van der Waals surface area contributed by atoms with Crippen molar-refractivity contribution in [3.05, 3.63) is 83.9 Å². The van der Waals surface area contributed by atoms with Gasteiger partial charge in [-0.3, -0.25) is 0 Å². The van der Waals surface area contributed by atoms with Crippen molar-refractivity contribution < 1.29 is 42.9 Å². The smallest absolute Gasteiger partial charge is 0.459 e. The maximum absolute atomic E-state index is 13.0. The van der Waals surface area contributed by atoms with Gasteiger partial charge < -0.3 is 23.7 Å². The van der Waals surface area contributed by atoms with Gasteiger partial charge in [0.25, 0.3) is 0 Å². The van der Waals surface area contributed by atoms with Crippen LogP contribution in [0.15, 0.2) is 72.8 Å². The predicted octanol–water partition coefficient (Wildman–Crippen LogP) is 7.31. The van der Waals surface area contributed by atoms with Crippen LogP contribution in [0.2, 0.25) is 0 Å². The van der Waals surface area contributed by atoms with E-state index < -0.39 is 18.1 Å². The van der Waals surface area contributed by atoms with Crippen molar-refractivity contribution in [1.29, 1.82) is 0 Å². The Labute approximate surface area is 257 Å². The molecular weight excluding hydrogens is 564 g/mol. The lowest BCUT2D eigenvalue weighted by molar-refractivity contribution is -0.140. The van der Waals surface area contributed by atoms with Crippen LogP contribution in [0.3, 0.4) is 0 Å². The van der Waals surface area contributed by atoms with Gasteiger partial charge in [-0.05, 0) is 96.8 Å². The minimum atomic E-state index is -0.975. The molecule has 0 amide bonds. The Bertz CT molecular complexity index is 1520. The van der Waals surface area contributed by atoms with Gasteiger partial charge in [0.05, 0.1) is 11.1 Å². The van der Waals surface area contributed by atoms with Crippen LogP contribution in [0.5, 0.6) is 11.5 Å². The molecule has 3 unspecified atom stereocenters. The molecule has 0 saturated heterocycles. The molecule has 1 aliphatic rings. The monoisotopic (exact) mass is 602 g/mol. The maximum atomic E-state index is 13.0. The van der Waals surface area contributed by atoms with Gasteiger partial charge in [0.15, 0.2) is 0 Å². The van der Waals surface area contributed by atoms with E-state index in [0.29, 0.717) is 28.9 Å². The van der Waals surface area contributed by atoms with Gasteiger partial charge in [-0.2, -0.15) is 0 Å². The molecular formula is C35H38O9. The third kappa shape index (κ3) is 8.69. The third-order valence-corrected chi connectivity index (χ3v) is 7.65. The van der Waals surface area contributed by atoms with E-state index in [9.17, 15) is 19.2 Å². The van der Waals surface area contributed by atoms with Crippen LogP contribution in [0, 0.1) is 17.8 Å². The van der Waals surface area contributed by atoms with Gasteiger partial charge in [-0.25, -0.2) is 19.2 Å². The van der Waals surface area contributed by atoms with Crippen molar-refractivity contribution in [2.24, 2.45) is 17.8 Å². The zero-order valence-corrected chi connectivity index (χ0v) is 25.5. The molecule has 0 spiro atoms. The third-order valence-electron chi connectivity index (χ3n) is 7.65. The van der Waals surface area contributed by atoms with E-state index in [-0.39, 0.29) is 42.4 Å². The summed E-state index contributed by atoms with van der Waals surface area (Å²) >= 11 is 0. The predicted molar refractivity (Wildman–Crippen MR) is 164 cm³/mol. The number of fused-ring (bicyclic) bond motifs is 1. The first kappa shape index (κ1) is 32.3. The molecule has 3 aromatic carbocycles. The fraction of sp³-hybridized carbons (Fsp3) is 0.371. The van der Waals surface area contributed by atoms with Crippen LogP contribution in [0.4, 0.5) is 4.79 Å². The molecule has 0 heterocycles. The highest BCUT2D eigenvalue weighted by Crippen LogP contribution is 2.36. The largest absolute Gasteiger partial charge is 0.513 e. The molecule has 9 heteroatoms. The number of hydrogen-bond acceptors (Lipinski definition) is 9. The molecule has 0 aromatic heterocycles. The van der Waals surface area contributed by atoms with E-state index in [1.165, 1.54) is 31.2 Å². The summed E-state index contributed by atoms with van der Waals surface area (Å²) < 4.78 is 26.2. The molecule has 232 valence electrons. The first-order valence-electron chi connectivity index (χ1n) is 14.7. The molecule has 1 saturated carbocycles. The zero-order chi connectivity index (χ0) is 31.8. The van der Waals surface area contributed by atoms with Crippen LogP contribution in [-0.4, -0.2) is 43.4 Å². The Morgan fingerprint density at radius 3 is 1.95 bits per heavy atom. The van der Waals surface area contributed by atoms with Gasteiger partial charge in [0, 0.05) is 5.57 Å². The van der Waals surface area contributed by atoms with Crippen molar-refractivity contribution in [1.82, 2.24) is 0 Å². The fourth-order valence-corrected chi connectivity index (χ4v) is 5.21. The molecule has 4 rings (SSSR count). The normalized spacial score (nSPS) is 17.9. The molecule has 1 aliphatic carbocycles. The Kier molecular flexibility index (Phi) is 10.8. The Hall–Kier alpha value is -4.66. The summed E-state index contributed by atoms with van der Waals surface area (Å²) in [5, 5.41) is 1.58. The van der Waals surface area contributed by atoms with Crippen LogP contribution in [0.25, 0.3) is 10.8 Å². The highest BCUT2D eigenvalue weighted by molar-refractivity contribution is 5.99. The van der Waals surface area contributed by atoms with E-state index in [1.54, 1.807) is 36.4 Å². The molecule has 9 nitrogen and oxygen atoms in total. The van der Waals surface area contributed by atoms with Gasteiger partial charge in [-0.15, -0.1) is 0 Å². The minimum Gasteiger partial charge on any atom is -0.459 e. The van der Waals surface area contributed by atoms with Crippen molar-refractivity contribution in [2.75, 3.05) is 13.2 Å². The Balaban J connectivity index is 1.31. The summed E-state index contributed by atoms with van der Waals surface area (Å²) in [5.74, 6) is 0.285. The molecule has 3 aromatic rings. The van der Waals surface area contributed by atoms with E-state index in [0.717, 1.165) is 30.0 Å². The lowest BCUT2D eigenvalue weighted by Crippen LogP contribution is -2.35. The van der Waals surface area contributed by atoms with E-state index >= 15 is 0 Å². The van der Waals surface area contributed by atoms with Crippen molar-refractivity contribution in [3.8, 4) is 11.5 Å². The molecule has 3 atom stereocenters. The van der Waals surface area contributed by atoms with Crippen LogP contribution in [-0.2, 0) is 19.0 Å². The lowest BCUT2D eigenvalue weighted by atomic mass is 9.75. The summed E-state index contributed by atoms with van der Waals surface area (Å²) in [6.45, 7) is 11.2. The zero-order valence-electron chi connectivity index (χ0n) is 25.5. The molecule has 0 bridgehead atoms. The first-order chi connectivity index (χ1) is 21.0. The number of rotatable bonds is 10. The van der Waals surface area contributed by atoms with Crippen LogP contribution in [0.1, 0.15) is 67.7 Å². The number of esters is 3. The second-order valence-electron chi connectivity index (χ2n) is 11.5. The number of hydrogen-bond donors (Lipinski definition) is 0. The highest BCUT2D eigenvalue weighted by atomic mass is 16.7. The van der Waals surface area contributed by atoms with E-state index in [1.807, 2.05) is 0 Å². The average molecular weight is 603 g/mol. The molecule has 0 N–H and O–H groups in total. The Morgan fingerprint density at radius 2 is 1.36 bits per heavy atom. The number of benzene rings is 3. The average Bonchev–Trinajstić information content (AvgIpc) is 2.99. The summed E-state index contributed by atoms with van der Waals surface area (Å²) in [4.78, 5) is 49.0.